The van der Waals surface area contributed by atoms with Crippen LogP contribution in [0.5, 0.6) is 5.75 Å². The van der Waals surface area contributed by atoms with E-state index in [1.807, 2.05) is 12.1 Å². The van der Waals surface area contributed by atoms with Crippen LogP contribution < -0.4 is 10.1 Å². The lowest BCUT2D eigenvalue weighted by Gasteiger charge is -2.36. The predicted octanol–water partition coefficient (Wildman–Crippen LogP) is 2.65. The van der Waals surface area contributed by atoms with Gasteiger partial charge in [0, 0.05) is 33.9 Å². The summed E-state index contributed by atoms with van der Waals surface area (Å²) in [6.07, 6.45) is 1.01. The lowest BCUT2D eigenvalue weighted by molar-refractivity contribution is 0.317. The second kappa shape index (κ2) is 6.06. The summed E-state index contributed by atoms with van der Waals surface area (Å²) in [4.78, 5) is 0. The molecule has 1 fully saturated rings. The molecule has 2 rings (SSSR count). The summed E-state index contributed by atoms with van der Waals surface area (Å²) < 4.78 is 17.5. The average molecular weight is 281 g/mol. The van der Waals surface area contributed by atoms with Crippen molar-refractivity contribution in [2.24, 2.45) is 0 Å². The molecule has 0 spiro atoms. The Morgan fingerprint density at radius 2 is 2.05 bits per heavy atom. The highest BCUT2D eigenvalue weighted by Crippen LogP contribution is 2.25. The second-order valence-corrected chi connectivity index (χ2v) is 7.25. The molecule has 1 saturated heterocycles. The highest BCUT2D eigenvalue weighted by Gasteiger charge is 2.31. The van der Waals surface area contributed by atoms with Crippen molar-refractivity contribution in [2.45, 2.75) is 38.8 Å². The summed E-state index contributed by atoms with van der Waals surface area (Å²) in [6.45, 7) is 7.06. The zero-order valence-corrected chi connectivity index (χ0v) is 12.8. The number of benzene rings is 1. The van der Waals surface area contributed by atoms with Gasteiger partial charge in [0.2, 0.25) is 0 Å². The molecular weight excluding hydrogens is 258 g/mol. The van der Waals surface area contributed by atoms with Crippen molar-refractivity contribution in [1.29, 1.82) is 0 Å². The number of nitrogens with one attached hydrogen (secondary N) is 1. The molecule has 1 aliphatic heterocycles. The molecule has 0 radical (unpaired) electrons. The van der Waals surface area contributed by atoms with Crippen molar-refractivity contribution in [3.8, 4) is 5.75 Å². The Morgan fingerprint density at radius 3 is 2.63 bits per heavy atom. The van der Waals surface area contributed by atoms with E-state index in [4.69, 9.17) is 4.74 Å². The molecule has 1 aromatic carbocycles. The van der Waals surface area contributed by atoms with E-state index in [1.165, 1.54) is 5.56 Å². The van der Waals surface area contributed by atoms with Gasteiger partial charge in [0.1, 0.15) is 5.75 Å². The molecular formula is C15H23NO2S. The fourth-order valence-electron chi connectivity index (χ4n) is 2.40. The lowest BCUT2D eigenvalue weighted by atomic mass is 10.0. The first-order valence-electron chi connectivity index (χ1n) is 6.85. The summed E-state index contributed by atoms with van der Waals surface area (Å²) in [7, 11) is -0.744. The van der Waals surface area contributed by atoms with Crippen LogP contribution in [0.4, 0.5) is 0 Å². The molecule has 0 aromatic heterocycles. The molecule has 1 heterocycles. The Hall–Kier alpha value is -0.870. The molecule has 0 amide bonds. The number of hydrogen-bond acceptors (Lipinski definition) is 3. The highest BCUT2D eigenvalue weighted by molar-refractivity contribution is 7.85. The van der Waals surface area contributed by atoms with E-state index in [0.29, 0.717) is 5.75 Å². The zero-order valence-electron chi connectivity index (χ0n) is 11.9. The highest BCUT2D eigenvalue weighted by atomic mass is 32.2. The standard InChI is InChI=1S/C15H23NO2S/c1-4-9-18-13-7-5-12(6-8-13)14-10-19(17)11-15(2,3)16-14/h5-8,14,16H,4,9-11H2,1-3H3. The van der Waals surface area contributed by atoms with E-state index >= 15 is 0 Å². The van der Waals surface area contributed by atoms with Crippen molar-refractivity contribution in [2.75, 3.05) is 18.1 Å². The summed E-state index contributed by atoms with van der Waals surface area (Å²) in [5, 5.41) is 3.57. The quantitative estimate of drug-likeness (QED) is 0.922. The maximum absolute atomic E-state index is 11.9. The number of ether oxygens (including phenoxy) is 1. The van der Waals surface area contributed by atoms with Crippen LogP contribution in [0.25, 0.3) is 0 Å². The summed E-state index contributed by atoms with van der Waals surface area (Å²) in [5.41, 5.74) is 1.12. The molecule has 1 aromatic rings. The Bertz CT molecular complexity index is 442. The van der Waals surface area contributed by atoms with Gasteiger partial charge in [-0.3, -0.25) is 4.21 Å². The van der Waals surface area contributed by atoms with Gasteiger partial charge in [0.25, 0.3) is 0 Å². The van der Waals surface area contributed by atoms with E-state index in [-0.39, 0.29) is 11.6 Å². The van der Waals surface area contributed by atoms with Crippen LogP contribution in [0.15, 0.2) is 24.3 Å². The van der Waals surface area contributed by atoms with E-state index in [9.17, 15) is 4.21 Å². The van der Waals surface area contributed by atoms with Gasteiger partial charge in [-0.25, -0.2) is 0 Å². The van der Waals surface area contributed by atoms with Gasteiger partial charge in [-0.2, -0.15) is 0 Å². The monoisotopic (exact) mass is 281 g/mol. The van der Waals surface area contributed by atoms with E-state index in [1.54, 1.807) is 0 Å². The lowest BCUT2D eigenvalue weighted by Crippen LogP contribution is -2.52. The first kappa shape index (κ1) is 14.5. The topological polar surface area (TPSA) is 38.3 Å². The van der Waals surface area contributed by atoms with E-state index in [0.717, 1.165) is 24.5 Å². The molecule has 19 heavy (non-hydrogen) atoms. The molecule has 2 atom stereocenters. The van der Waals surface area contributed by atoms with Crippen molar-refractivity contribution >= 4 is 10.8 Å². The summed E-state index contributed by atoms with van der Waals surface area (Å²) in [5.74, 6) is 2.32. The molecule has 4 heteroatoms. The summed E-state index contributed by atoms with van der Waals surface area (Å²) in [6, 6.07) is 8.31. The smallest absolute Gasteiger partial charge is 0.119 e. The van der Waals surface area contributed by atoms with Crippen molar-refractivity contribution in [1.82, 2.24) is 5.32 Å². The molecule has 2 unspecified atom stereocenters. The third-order valence-corrected chi connectivity index (χ3v) is 4.94. The molecule has 106 valence electrons. The summed E-state index contributed by atoms with van der Waals surface area (Å²) >= 11 is 0. The Labute approximate surface area is 118 Å². The van der Waals surface area contributed by atoms with Gasteiger partial charge in [-0.1, -0.05) is 19.1 Å². The largest absolute Gasteiger partial charge is 0.494 e. The van der Waals surface area contributed by atoms with Crippen LogP contribution in [0.3, 0.4) is 0 Å². The van der Waals surface area contributed by atoms with Crippen molar-refractivity contribution < 1.29 is 8.95 Å². The van der Waals surface area contributed by atoms with Gasteiger partial charge in [-0.05, 0) is 38.0 Å². The van der Waals surface area contributed by atoms with Crippen LogP contribution in [0.2, 0.25) is 0 Å². The number of hydrogen-bond donors (Lipinski definition) is 1. The number of rotatable bonds is 4. The minimum absolute atomic E-state index is 0.0643. The van der Waals surface area contributed by atoms with Crippen molar-refractivity contribution in [3.63, 3.8) is 0 Å². The second-order valence-electron chi connectivity index (χ2n) is 5.75. The van der Waals surface area contributed by atoms with Crippen LogP contribution >= 0.6 is 0 Å². The molecule has 3 nitrogen and oxygen atoms in total. The maximum Gasteiger partial charge on any atom is 0.119 e. The van der Waals surface area contributed by atoms with E-state index in [2.05, 4.69) is 38.2 Å². The molecule has 1 aliphatic rings. The SMILES string of the molecule is CCCOc1ccc(C2CS(=O)CC(C)(C)N2)cc1. The molecule has 0 bridgehead atoms. The van der Waals surface area contributed by atoms with Crippen LogP contribution in [-0.2, 0) is 10.8 Å². The Morgan fingerprint density at radius 1 is 1.37 bits per heavy atom. The predicted molar refractivity (Wildman–Crippen MR) is 80.1 cm³/mol. The van der Waals surface area contributed by atoms with Crippen molar-refractivity contribution in [3.05, 3.63) is 29.8 Å². The van der Waals surface area contributed by atoms with Gasteiger partial charge < -0.3 is 10.1 Å². The zero-order chi connectivity index (χ0) is 13.9. The fourth-order valence-corrected chi connectivity index (χ4v) is 4.05. The minimum Gasteiger partial charge on any atom is -0.494 e. The molecule has 0 saturated carbocycles. The van der Waals surface area contributed by atoms with Crippen LogP contribution in [-0.4, -0.2) is 27.9 Å². The van der Waals surface area contributed by atoms with Gasteiger partial charge in [0.15, 0.2) is 0 Å². The molecule has 0 aliphatic carbocycles. The first-order chi connectivity index (χ1) is 9.00. The Kier molecular flexibility index (Phi) is 4.63. The van der Waals surface area contributed by atoms with Gasteiger partial charge >= 0.3 is 0 Å². The van der Waals surface area contributed by atoms with Gasteiger partial charge in [0.05, 0.1) is 6.61 Å². The third kappa shape index (κ3) is 4.05. The normalized spacial score (nSPS) is 26.1. The van der Waals surface area contributed by atoms with Gasteiger partial charge in [-0.15, -0.1) is 0 Å². The first-order valence-corrected chi connectivity index (χ1v) is 8.34. The third-order valence-electron chi connectivity index (χ3n) is 3.19. The Balaban J connectivity index is 2.07. The minimum atomic E-state index is -0.744. The fraction of sp³-hybridized carbons (Fsp3) is 0.600. The van der Waals surface area contributed by atoms with Crippen LogP contribution in [0.1, 0.15) is 38.8 Å². The molecule has 1 N–H and O–H groups in total. The van der Waals surface area contributed by atoms with E-state index < -0.39 is 10.8 Å². The van der Waals surface area contributed by atoms with Crippen LogP contribution in [0, 0.1) is 0 Å². The average Bonchev–Trinajstić information content (AvgIpc) is 2.34. The maximum atomic E-state index is 11.9.